The molecule has 2 unspecified atom stereocenters. The van der Waals surface area contributed by atoms with E-state index in [1.807, 2.05) is 18.5 Å². The van der Waals surface area contributed by atoms with Crippen molar-refractivity contribution in [1.82, 2.24) is 10.3 Å². The maximum absolute atomic E-state index is 6.01. The lowest BCUT2D eigenvalue weighted by molar-refractivity contribution is -0.0352. The van der Waals surface area contributed by atoms with Crippen molar-refractivity contribution in [1.29, 1.82) is 0 Å². The second-order valence-electron chi connectivity index (χ2n) is 5.97. The number of ether oxygens (including phenoxy) is 1. The van der Waals surface area contributed by atoms with Gasteiger partial charge in [-0.1, -0.05) is 33.8 Å². The van der Waals surface area contributed by atoms with Crippen LogP contribution in [0.2, 0.25) is 0 Å². The maximum atomic E-state index is 6.01. The van der Waals surface area contributed by atoms with Crippen LogP contribution < -0.4 is 5.32 Å². The summed E-state index contributed by atoms with van der Waals surface area (Å²) in [5, 5.41) is 3.57. The first-order valence-electron chi connectivity index (χ1n) is 7.23. The zero-order chi connectivity index (χ0) is 14.3. The number of aromatic nitrogens is 1. The normalized spacial score (nSPS) is 15.2. The van der Waals surface area contributed by atoms with Gasteiger partial charge in [0.2, 0.25) is 0 Å². The highest BCUT2D eigenvalue weighted by molar-refractivity contribution is 5.11. The van der Waals surface area contributed by atoms with Gasteiger partial charge in [0, 0.05) is 25.0 Å². The Morgan fingerprint density at radius 2 is 2.05 bits per heavy atom. The molecular formula is C16H28N2O. The van der Waals surface area contributed by atoms with Crippen LogP contribution in [0.3, 0.4) is 0 Å². The van der Waals surface area contributed by atoms with Crippen LogP contribution in [0.25, 0.3) is 0 Å². The van der Waals surface area contributed by atoms with Crippen LogP contribution >= 0.6 is 0 Å². The van der Waals surface area contributed by atoms with Crippen molar-refractivity contribution < 1.29 is 4.74 Å². The Hall–Kier alpha value is -0.930. The van der Waals surface area contributed by atoms with Crippen LogP contribution in [0.5, 0.6) is 0 Å². The molecule has 3 heteroatoms. The number of nitrogens with one attached hydrogen (secondary N) is 1. The van der Waals surface area contributed by atoms with E-state index in [-0.39, 0.29) is 11.5 Å². The van der Waals surface area contributed by atoms with Gasteiger partial charge < -0.3 is 10.1 Å². The van der Waals surface area contributed by atoms with E-state index < -0.39 is 0 Å². The molecule has 0 saturated carbocycles. The molecule has 0 aliphatic rings. The van der Waals surface area contributed by atoms with E-state index in [4.69, 9.17) is 4.74 Å². The molecule has 0 bridgehead atoms. The van der Waals surface area contributed by atoms with Crippen LogP contribution in [-0.2, 0) is 11.2 Å². The first kappa shape index (κ1) is 16.1. The highest BCUT2D eigenvalue weighted by Crippen LogP contribution is 2.26. The standard InChI is InChI=1S/C16H28N2O/c1-6-18-14(11-13-9-8-10-17-12-13)15(19-7-2)16(3,4)5/h8-10,12,14-15,18H,6-7,11H2,1-5H3. The lowest BCUT2D eigenvalue weighted by Gasteiger charge is -2.37. The molecule has 19 heavy (non-hydrogen) atoms. The first-order chi connectivity index (χ1) is 8.99. The molecule has 2 atom stereocenters. The predicted molar refractivity (Wildman–Crippen MR) is 80.3 cm³/mol. The molecule has 0 aromatic carbocycles. The minimum atomic E-state index is 0.116. The molecule has 1 aromatic heterocycles. The molecular weight excluding hydrogens is 236 g/mol. The molecule has 1 aromatic rings. The first-order valence-corrected chi connectivity index (χ1v) is 7.23. The fourth-order valence-corrected chi connectivity index (χ4v) is 2.47. The van der Waals surface area contributed by atoms with Crippen molar-refractivity contribution >= 4 is 0 Å². The van der Waals surface area contributed by atoms with Crippen molar-refractivity contribution in [3.8, 4) is 0 Å². The van der Waals surface area contributed by atoms with Crippen molar-refractivity contribution in [2.45, 2.75) is 53.2 Å². The predicted octanol–water partition coefficient (Wildman–Crippen LogP) is 3.05. The van der Waals surface area contributed by atoms with Gasteiger partial charge in [0.15, 0.2) is 0 Å². The van der Waals surface area contributed by atoms with E-state index in [1.165, 1.54) is 5.56 Å². The average molecular weight is 264 g/mol. The zero-order valence-corrected chi connectivity index (χ0v) is 12.9. The SMILES string of the molecule is CCNC(Cc1cccnc1)C(OCC)C(C)(C)C. The Bertz CT molecular complexity index is 346. The van der Waals surface area contributed by atoms with Gasteiger partial charge in [-0.2, -0.15) is 0 Å². The van der Waals surface area contributed by atoms with Crippen molar-refractivity contribution in [2.24, 2.45) is 5.41 Å². The Morgan fingerprint density at radius 3 is 2.53 bits per heavy atom. The van der Waals surface area contributed by atoms with Crippen LogP contribution in [0.1, 0.15) is 40.2 Å². The van der Waals surface area contributed by atoms with E-state index in [1.54, 1.807) is 0 Å². The van der Waals surface area contributed by atoms with E-state index in [0.29, 0.717) is 6.04 Å². The van der Waals surface area contributed by atoms with Crippen LogP contribution in [0, 0.1) is 5.41 Å². The Morgan fingerprint density at radius 1 is 1.32 bits per heavy atom. The third kappa shape index (κ3) is 5.29. The lowest BCUT2D eigenvalue weighted by atomic mass is 9.82. The lowest BCUT2D eigenvalue weighted by Crippen LogP contribution is -2.49. The van der Waals surface area contributed by atoms with Crippen LogP contribution in [0.4, 0.5) is 0 Å². The number of likely N-dealkylation sites (N-methyl/N-ethyl adjacent to an activating group) is 1. The Kier molecular flexibility index (Phi) is 6.46. The summed E-state index contributed by atoms with van der Waals surface area (Å²) in [7, 11) is 0. The molecule has 1 N–H and O–H groups in total. The molecule has 108 valence electrons. The topological polar surface area (TPSA) is 34.2 Å². The smallest absolute Gasteiger partial charge is 0.0779 e. The summed E-state index contributed by atoms with van der Waals surface area (Å²) in [5.41, 5.74) is 1.37. The summed E-state index contributed by atoms with van der Waals surface area (Å²) in [6.45, 7) is 12.6. The van der Waals surface area contributed by atoms with E-state index >= 15 is 0 Å². The summed E-state index contributed by atoms with van der Waals surface area (Å²) >= 11 is 0. The van der Waals surface area contributed by atoms with Crippen molar-refractivity contribution in [2.75, 3.05) is 13.2 Å². The van der Waals surface area contributed by atoms with Crippen molar-refractivity contribution in [3.05, 3.63) is 30.1 Å². The van der Waals surface area contributed by atoms with E-state index in [9.17, 15) is 0 Å². The highest BCUT2D eigenvalue weighted by Gasteiger charge is 2.32. The minimum Gasteiger partial charge on any atom is -0.376 e. The molecule has 0 spiro atoms. The van der Waals surface area contributed by atoms with Crippen LogP contribution in [-0.4, -0.2) is 30.3 Å². The number of rotatable bonds is 7. The average Bonchev–Trinajstić information content (AvgIpc) is 2.35. The molecule has 1 heterocycles. The van der Waals surface area contributed by atoms with E-state index in [2.05, 4.69) is 51.0 Å². The molecule has 3 nitrogen and oxygen atoms in total. The monoisotopic (exact) mass is 264 g/mol. The van der Waals surface area contributed by atoms with Gasteiger partial charge in [-0.25, -0.2) is 0 Å². The third-order valence-electron chi connectivity index (χ3n) is 3.21. The van der Waals surface area contributed by atoms with Gasteiger partial charge >= 0.3 is 0 Å². The summed E-state index contributed by atoms with van der Waals surface area (Å²) in [4.78, 5) is 4.20. The van der Waals surface area contributed by atoms with Gasteiger partial charge in [0.05, 0.1) is 6.10 Å². The quantitative estimate of drug-likeness (QED) is 0.822. The molecule has 0 saturated heterocycles. The number of nitrogens with zero attached hydrogens (tertiary/aromatic N) is 1. The molecule has 1 rings (SSSR count). The zero-order valence-electron chi connectivity index (χ0n) is 12.9. The summed E-state index contributed by atoms with van der Waals surface area (Å²) in [5.74, 6) is 0. The van der Waals surface area contributed by atoms with Crippen molar-refractivity contribution in [3.63, 3.8) is 0 Å². The second kappa shape index (κ2) is 7.61. The minimum absolute atomic E-state index is 0.116. The van der Waals surface area contributed by atoms with Gasteiger partial charge in [0.1, 0.15) is 0 Å². The fraction of sp³-hybridized carbons (Fsp3) is 0.688. The van der Waals surface area contributed by atoms with Gasteiger partial charge in [-0.05, 0) is 36.9 Å². The Labute approximate surface area is 117 Å². The van der Waals surface area contributed by atoms with E-state index in [0.717, 1.165) is 19.6 Å². The molecule has 0 fully saturated rings. The second-order valence-corrected chi connectivity index (χ2v) is 5.97. The molecule has 0 amide bonds. The molecule has 0 aliphatic carbocycles. The largest absolute Gasteiger partial charge is 0.376 e. The summed E-state index contributed by atoms with van der Waals surface area (Å²) < 4.78 is 6.01. The maximum Gasteiger partial charge on any atom is 0.0779 e. The highest BCUT2D eigenvalue weighted by atomic mass is 16.5. The number of pyridine rings is 1. The summed E-state index contributed by atoms with van der Waals surface area (Å²) in [6, 6.07) is 4.43. The van der Waals surface area contributed by atoms with Gasteiger partial charge in [0.25, 0.3) is 0 Å². The molecule has 0 radical (unpaired) electrons. The van der Waals surface area contributed by atoms with Crippen LogP contribution in [0.15, 0.2) is 24.5 Å². The third-order valence-corrected chi connectivity index (χ3v) is 3.21. The van der Waals surface area contributed by atoms with Gasteiger partial charge in [-0.3, -0.25) is 4.98 Å². The fourth-order valence-electron chi connectivity index (χ4n) is 2.47. The number of hydrogen-bond acceptors (Lipinski definition) is 3. The number of hydrogen-bond donors (Lipinski definition) is 1. The summed E-state index contributed by atoms with van der Waals surface area (Å²) in [6.07, 6.45) is 4.90. The van der Waals surface area contributed by atoms with Gasteiger partial charge in [-0.15, -0.1) is 0 Å². The Balaban J connectivity index is 2.84. The molecule has 0 aliphatic heterocycles.